The number of hydrogen-bond donors (Lipinski definition) is 0. The Morgan fingerprint density at radius 2 is 2.21 bits per heavy atom. The molecule has 0 aromatic rings. The highest BCUT2D eigenvalue weighted by Gasteiger charge is 2.40. The van der Waals surface area contributed by atoms with Crippen LogP contribution in [0.4, 0.5) is 0 Å². The minimum atomic E-state index is -0.331. The molecule has 1 unspecified atom stereocenters. The van der Waals surface area contributed by atoms with Gasteiger partial charge in [-0.05, 0) is 20.5 Å². The topological polar surface area (TPSA) is 48.3 Å². The third-order valence-electron chi connectivity index (χ3n) is 4.04. The highest BCUT2D eigenvalue weighted by atomic mass is 16.2. The van der Waals surface area contributed by atoms with E-state index in [1.807, 2.05) is 4.90 Å². The first-order valence-corrected chi connectivity index (χ1v) is 6.88. The predicted octanol–water partition coefficient (Wildman–Crippen LogP) is 1.50. The van der Waals surface area contributed by atoms with Crippen molar-refractivity contribution in [1.29, 1.82) is 0 Å². The van der Waals surface area contributed by atoms with Gasteiger partial charge in [-0.3, -0.25) is 4.79 Å². The van der Waals surface area contributed by atoms with E-state index in [0.29, 0.717) is 25.3 Å². The lowest BCUT2D eigenvalue weighted by Crippen LogP contribution is -2.34. The van der Waals surface area contributed by atoms with Gasteiger partial charge >= 0.3 is 0 Å². The SMILES string of the molecule is C#CCCC1(CCC(=O)N2CCC(N(C)C)C2)N=N1. The fourth-order valence-corrected chi connectivity index (χ4v) is 2.52. The molecular weight excluding hydrogens is 240 g/mol. The van der Waals surface area contributed by atoms with Crippen LogP contribution in [0.5, 0.6) is 0 Å². The van der Waals surface area contributed by atoms with Gasteiger partial charge in [0.15, 0.2) is 5.66 Å². The Morgan fingerprint density at radius 3 is 2.74 bits per heavy atom. The lowest BCUT2D eigenvalue weighted by Gasteiger charge is -2.20. The molecule has 5 heteroatoms. The third kappa shape index (κ3) is 3.54. The number of hydrogen-bond acceptors (Lipinski definition) is 4. The lowest BCUT2D eigenvalue weighted by molar-refractivity contribution is -0.130. The van der Waals surface area contributed by atoms with Crippen molar-refractivity contribution in [3.63, 3.8) is 0 Å². The summed E-state index contributed by atoms with van der Waals surface area (Å²) in [6.45, 7) is 1.71. The van der Waals surface area contributed by atoms with Gasteiger partial charge in [0.25, 0.3) is 0 Å². The van der Waals surface area contributed by atoms with Crippen LogP contribution in [0, 0.1) is 12.3 Å². The van der Waals surface area contributed by atoms with Crippen LogP contribution in [-0.2, 0) is 4.79 Å². The summed E-state index contributed by atoms with van der Waals surface area (Å²) in [6, 6.07) is 0.495. The number of carbonyl (C=O) groups is 1. The summed E-state index contributed by atoms with van der Waals surface area (Å²) in [5, 5.41) is 8.13. The van der Waals surface area contributed by atoms with E-state index in [0.717, 1.165) is 25.9 Å². The summed E-state index contributed by atoms with van der Waals surface area (Å²) in [4.78, 5) is 16.3. The molecular formula is C14H22N4O. The van der Waals surface area contributed by atoms with Crippen molar-refractivity contribution in [2.24, 2.45) is 10.2 Å². The van der Waals surface area contributed by atoms with Crippen molar-refractivity contribution in [2.75, 3.05) is 27.2 Å². The summed E-state index contributed by atoms with van der Waals surface area (Å²) >= 11 is 0. The zero-order valence-electron chi connectivity index (χ0n) is 11.8. The molecule has 2 rings (SSSR count). The van der Waals surface area contributed by atoms with E-state index < -0.39 is 0 Å². The number of nitrogens with zero attached hydrogens (tertiary/aromatic N) is 4. The van der Waals surface area contributed by atoms with Gasteiger partial charge < -0.3 is 9.80 Å². The van der Waals surface area contributed by atoms with Gasteiger partial charge in [0.1, 0.15) is 0 Å². The average molecular weight is 262 g/mol. The first-order valence-electron chi connectivity index (χ1n) is 6.88. The smallest absolute Gasteiger partial charge is 0.222 e. The van der Waals surface area contributed by atoms with Crippen LogP contribution in [0.25, 0.3) is 0 Å². The fraction of sp³-hybridized carbons (Fsp3) is 0.786. The summed E-state index contributed by atoms with van der Waals surface area (Å²) in [7, 11) is 4.13. The van der Waals surface area contributed by atoms with Crippen LogP contribution < -0.4 is 0 Å². The molecule has 19 heavy (non-hydrogen) atoms. The van der Waals surface area contributed by atoms with Gasteiger partial charge in [0.05, 0.1) is 0 Å². The zero-order chi connectivity index (χ0) is 13.9. The van der Waals surface area contributed by atoms with Gasteiger partial charge in [-0.1, -0.05) is 0 Å². The molecule has 2 aliphatic rings. The molecule has 1 amide bonds. The monoisotopic (exact) mass is 262 g/mol. The van der Waals surface area contributed by atoms with Gasteiger partial charge in [0.2, 0.25) is 5.91 Å². The van der Waals surface area contributed by atoms with Crippen LogP contribution in [0.2, 0.25) is 0 Å². The Bertz CT molecular complexity index is 404. The third-order valence-corrected chi connectivity index (χ3v) is 4.04. The van der Waals surface area contributed by atoms with E-state index in [1.54, 1.807) is 0 Å². The molecule has 0 saturated carbocycles. The molecule has 0 radical (unpaired) electrons. The molecule has 1 saturated heterocycles. The molecule has 0 spiro atoms. The summed E-state index contributed by atoms with van der Waals surface area (Å²) in [5.74, 6) is 2.83. The van der Waals surface area contributed by atoms with Crippen LogP contribution >= 0.6 is 0 Å². The molecule has 1 atom stereocenters. The summed E-state index contributed by atoms with van der Waals surface area (Å²) < 4.78 is 0. The fourth-order valence-electron chi connectivity index (χ4n) is 2.52. The maximum atomic E-state index is 12.1. The average Bonchev–Trinajstić information content (AvgIpc) is 2.97. The van der Waals surface area contributed by atoms with E-state index in [1.165, 1.54) is 0 Å². The van der Waals surface area contributed by atoms with Crippen LogP contribution in [0.3, 0.4) is 0 Å². The number of carbonyl (C=O) groups excluding carboxylic acids is 1. The van der Waals surface area contributed by atoms with Crippen molar-refractivity contribution in [3.8, 4) is 12.3 Å². The quantitative estimate of drug-likeness (QED) is 0.681. The number of likely N-dealkylation sites (N-methyl/N-ethyl adjacent to an activating group) is 1. The molecule has 0 aromatic heterocycles. The molecule has 0 N–H and O–H groups in total. The van der Waals surface area contributed by atoms with Crippen molar-refractivity contribution in [3.05, 3.63) is 0 Å². The largest absolute Gasteiger partial charge is 0.341 e. The van der Waals surface area contributed by atoms with Crippen LogP contribution in [0.15, 0.2) is 10.2 Å². The van der Waals surface area contributed by atoms with Gasteiger partial charge in [0, 0.05) is 44.8 Å². The normalized spacial score (nSPS) is 23.7. The van der Waals surface area contributed by atoms with Gasteiger partial charge in [-0.2, -0.15) is 10.2 Å². The Balaban J connectivity index is 1.72. The second-order valence-electron chi connectivity index (χ2n) is 5.63. The van der Waals surface area contributed by atoms with E-state index in [-0.39, 0.29) is 11.6 Å². The van der Waals surface area contributed by atoms with Gasteiger partial charge in [-0.15, -0.1) is 12.3 Å². The highest BCUT2D eigenvalue weighted by molar-refractivity contribution is 5.76. The summed E-state index contributed by atoms with van der Waals surface area (Å²) in [5.41, 5.74) is -0.331. The maximum absolute atomic E-state index is 12.1. The maximum Gasteiger partial charge on any atom is 0.222 e. The van der Waals surface area contributed by atoms with Crippen molar-refractivity contribution < 1.29 is 4.79 Å². The number of rotatable bonds is 6. The molecule has 5 nitrogen and oxygen atoms in total. The second kappa shape index (κ2) is 5.70. The minimum Gasteiger partial charge on any atom is -0.341 e. The minimum absolute atomic E-state index is 0.224. The molecule has 1 fully saturated rings. The molecule has 0 aromatic carbocycles. The Labute approximate surface area is 115 Å². The number of amides is 1. The second-order valence-corrected chi connectivity index (χ2v) is 5.63. The Hall–Kier alpha value is -1.41. The molecule has 2 aliphatic heterocycles. The van der Waals surface area contributed by atoms with E-state index in [4.69, 9.17) is 6.42 Å². The van der Waals surface area contributed by atoms with Crippen molar-refractivity contribution >= 4 is 5.91 Å². The molecule has 0 aliphatic carbocycles. The van der Waals surface area contributed by atoms with Crippen molar-refractivity contribution in [1.82, 2.24) is 9.80 Å². The van der Waals surface area contributed by atoms with Crippen molar-refractivity contribution in [2.45, 2.75) is 43.8 Å². The first kappa shape index (κ1) is 14.0. The Morgan fingerprint density at radius 1 is 1.47 bits per heavy atom. The molecule has 2 heterocycles. The molecule has 0 bridgehead atoms. The van der Waals surface area contributed by atoms with Crippen LogP contribution in [-0.4, -0.2) is 54.6 Å². The predicted molar refractivity (Wildman–Crippen MR) is 73.6 cm³/mol. The van der Waals surface area contributed by atoms with E-state index in [2.05, 4.69) is 35.1 Å². The Kier molecular flexibility index (Phi) is 4.20. The highest BCUT2D eigenvalue weighted by Crippen LogP contribution is 2.37. The first-order chi connectivity index (χ1) is 9.06. The summed E-state index contributed by atoms with van der Waals surface area (Å²) in [6.07, 6.45) is 8.99. The van der Waals surface area contributed by atoms with E-state index >= 15 is 0 Å². The van der Waals surface area contributed by atoms with Gasteiger partial charge in [-0.25, -0.2) is 0 Å². The van der Waals surface area contributed by atoms with E-state index in [9.17, 15) is 4.79 Å². The number of terminal acetylenes is 1. The van der Waals surface area contributed by atoms with Crippen LogP contribution in [0.1, 0.15) is 32.1 Å². The molecule has 104 valence electrons. The zero-order valence-corrected chi connectivity index (χ0v) is 11.8. The number of likely N-dealkylation sites (tertiary alicyclic amines) is 1. The standard InChI is InChI=1S/C14H22N4O/c1-4-5-8-14(15-16-14)9-6-13(19)18-10-7-12(11-18)17(2)3/h1,12H,5-11H2,2-3H3. The lowest BCUT2D eigenvalue weighted by atomic mass is 10.0.